The van der Waals surface area contributed by atoms with E-state index in [1.807, 2.05) is 0 Å². The van der Waals surface area contributed by atoms with Crippen molar-refractivity contribution in [2.24, 2.45) is 0 Å². The highest BCUT2D eigenvalue weighted by atomic mass is 79.9. The molecular formula is C12H18BrFNOSi. The molecule has 0 fully saturated rings. The van der Waals surface area contributed by atoms with Crippen LogP contribution in [-0.2, 0) is 11.3 Å². The molecule has 0 aliphatic rings. The van der Waals surface area contributed by atoms with Gasteiger partial charge in [-0.05, 0) is 27.0 Å². The topological polar surface area (TPSA) is 22.1 Å². The van der Waals surface area contributed by atoms with E-state index in [9.17, 15) is 4.39 Å². The average Bonchev–Trinajstić information content (AvgIpc) is 2.24. The molecule has 1 radical (unpaired) electrons. The van der Waals surface area contributed by atoms with Crippen LogP contribution in [0.3, 0.4) is 0 Å². The van der Waals surface area contributed by atoms with Gasteiger partial charge in [-0.15, -0.1) is 0 Å². The summed E-state index contributed by atoms with van der Waals surface area (Å²) in [5, 5.41) is 0.200. The summed E-state index contributed by atoms with van der Waals surface area (Å²) in [7, 11) is -0.423. The number of nitrogens with zero attached hydrogens (tertiary/aromatic N) is 1. The number of halogens is 2. The Morgan fingerprint density at radius 3 is 2.71 bits per heavy atom. The van der Waals surface area contributed by atoms with Crippen LogP contribution in [0.15, 0.2) is 16.9 Å². The fourth-order valence-corrected chi connectivity index (χ4v) is 1.89. The van der Waals surface area contributed by atoms with Gasteiger partial charge in [0.1, 0.15) is 4.60 Å². The zero-order chi connectivity index (χ0) is 13.1. The lowest BCUT2D eigenvalue weighted by Gasteiger charge is -2.27. The number of aromatic nitrogens is 1. The lowest BCUT2D eigenvalue weighted by Crippen LogP contribution is -2.26. The van der Waals surface area contributed by atoms with Crippen molar-refractivity contribution >= 4 is 24.7 Å². The van der Waals surface area contributed by atoms with E-state index < -0.39 is 8.80 Å². The number of pyridine rings is 1. The van der Waals surface area contributed by atoms with E-state index in [1.54, 1.807) is 12.3 Å². The van der Waals surface area contributed by atoms with Crippen LogP contribution >= 0.6 is 15.9 Å². The third-order valence-corrected chi connectivity index (χ3v) is 6.40. The highest BCUT2D eigenvalue weighted by molar-refractivity contribution is 9.10. The molecule has 5 heteroatoms. The molecule has 0 aliphatic heterocycles. The Balaban J connectivity index is 2.55. The van der Waals surface area contributed by atoms with E-state index in [0.717, 1.165) is 0 Å². The van der Waals surface area contributed by atoms with Crippen LogP contribution in [-0.4, -0.2) is 20.4 Å². The van der Waals surface area contributed by atoms with Crippen LogP contribution < -0.4 is 0 Å². The quantitative estimate of drug-likeness (QED) is 0.604. The first kappa shape index (κ1) is 14.8. The van der Waals surface area contributed by atoms with Crippen molar-refractivity contribution in [3.05, 3.63) is 28.2 Å². The molecule has 17 heavy (non-hydrogen) atoms. The van der Waals surface area contributed by atoms with Crippen LogP contribution in [0.4, 0.5) is 4.39 Å². The van der Waals surface area contributed by atoms with E-state index in [2.05, 4.69) is 47.9 Å². The SMILES string of the molecule is C[Si](C)C(C)(C)COCc1ccnc(Br)c1F. The normalized spacial score (nSPS) is 12.2. The van der Waals surface area contributed by atoms with Gasteiger partial charge in [-0.2, -0.15) is 0 Å². The van der Waals surface area contributed by atoms with Crippen LogP contribution in [0.25, 0.3) is 0 Å². The van der Waals surface area contributed by atoms with Crippen LogP contribution in [0.1, 0.15) is 19.4 Å². The largest absolute Gasteiger partial charge is 0.376 e. The molecule has 0 aromatic carbocycles. The van der Waals surface area contributed by atoms with Gasteiger partial charge in [0.2, 0.25) is 0 Å². The highest BCUT2D eigenvalue weighted by Crippen LogP contribution is 2.29. The van der Waals surface area contributed by atoms with E-state index in [4.69, 9.17) is 4.74 Å². The Bertz CT molecular complexity index is 385. The number of rotatable bonds is 5. The zero-order valence-corrected chi connectivity index (χ0v) is 13.3. The Kier molecular flexibility index (Phi) is 5.28. The van der Waals surface area contributed by atoms with Gasteiger partial charge in [-0.1, -0.05) is 26.9 Å². The third-order valence-electron chi connectivity index (χ3n) is 3.00. The van der Waals surface area contributed by atoms with E-state index in [0.29, 0.717) is 18.8 Å². The number of hydrogen-bond donors (Lipinski definition) is 0. The summed E-state index contributed by atoms with van der Waals surface area (Å²) >= 11 is 3.06. The molecule has 95 valence electrons. The zero-order valence-electron chi connectivity index (χ0n) is 10.7. The molecule has 1 heterocycles. The second kappa shape index (κ2) is 6.07. The lowest BCUT2D eigenvalue weighted by molar-refractivity contribution is 0.0984. The molecule has 0 spiro atoms. The van der Waals surface area contributed by atoms with Gasteiger partial charge in [-0.3, -0.25) is 0 Å². The summed E-state index contributed by atoms with van der Waals surface area (Å²) in [6, 6.07) is 1.65. The molecule has 0 N–H and O–H groups in total. The standard InChI is InChI=1S/C12H18BrFNOSi/c1-12(2,17(3)4)8-16-7-9-5-6-15-11(13)10(9)14/h5-6H,7-8H2,1-4H3. The van der Waals surface area contributed by atoms with Crippen molar-refractivity contribution < 1.29 is 9.13 Å². The van der Waals surface area contributed by atoms with Crippen LogP contribution in [0.2, 0.25) is 18.1 Å². The smallest absolute Gasteiger partial charge is 0.161 e. The van der Waals surface area contributed by atoms with Crippen molar-refractivity contribution in [1.82, 2.24) is 4.98 Å². The number of hydrogen-bond acceptors (Lipinski definition) is 2. The maximum Gasteiger partial charge on any atom is 0.161 e. The van der Waals surface area contributed by atoms with Crippen molar-refractivity contribution in [2.45, 2.75) is 38.6 Å². The summed E-state index contributed by atoms with van der Waals surface area (Å²) in [6.45, 7) is 9.87. The third kappa shape index (κ3) is 4.15. The Morgan fingerprint density at radius 2 is 2.12 bits per heavy atom. The molecular weight excluding hydrogens is 301 g/mol. The first-order chi connectivity index (χ1) is 7.84. The van der Waals surface area contributed by atoms with Gasteiger partial charge in [-0.25, -0.2) is 9.37 Å². The predicted molar refractivity (Wildman–Crippen MR) is 73.1 cm³/mol. The monoisotopic (exact) mass is 318 g/mol. The molecule has 0 unspecified atom stereocenters. The summed E-state index contributed by atoms with van der Waals surface area (Å²) in [6.07, 6.45) is 1.58. The van der Waals surface area contributed by atoms with Gasteiger partial charge >= 0.3 is 0 Å². The van der Waals surface area contributed by atoms with Gasteiger partial charge in [0.05, 0.1) is 15.4 Å². The highest BCUT2D eigenvalue weighted by Gasteiger charge is 2.24. The molecule has 0 bridgehead atoms. The maximum atomic E-state index is 13.6. The Labute approximate surface area is 112 Å². The predicted octanol–water partition coefficient (Wildman–Crippen LogP) is 4.03. The van der Waals surface area contributed by atoms with Crippen LogP contribution in [0.5, 0.6) is 0 Å². The molecule has 0 amide bonds. The van der Waals surface area contributed by atoms with Crippen molar-refractivity contribution in [3.8, 4) is 0 Å². The van der Waals surface area contributed by atoms with E-state index >= 15 is 0 Å². The van der Waals surface area contributed by atoms with Gasteiger partial charge < -0.3 is 4.74 Å². The van der Waals surface area contributed by atoms with Crippen molar-refractivity contribution in [2.75, 3.05) is 6.61 Å². The summed E-state index contributed by atoms with van der Waals surface area (Å²) in [5.41, 5.74) is 0.545. The Morgan fingerprint density at radius 1 is 1.47 bits per heavy atom. The molecule has 0 saturated heterocycles. The second-order valence-corrected chi connectivity index (χ2v) is 9.06. The first-order valence-corrected chi connectivity index (χ1v) is 8.81. The summed E-state index contributed by atoms with van der Waals surface area (Å²) in [4.78, 5) is 3.82. The Hall–Kier alpha value is -0.263. The van der Waals surface area contributed by atoms with E-state index in [1.165, 1.54) is 0 Å². The van der Waals surface area contributed by atoms with Gasteiger partial charge in [0.15, 0.2) is 5.82 Å². The van der Waals surface area contributed by atoms with Crippen LogP contribution in [0, 0.1) is 5.82 Å². The second-order valence-electron chi connectivity index (χ2n) is 4.95. The maximum absolute atomic E-state index is 13.6. The minimum atomic E-state index is -0.423. The minimum absolute atomic E-state index is 0.200. The number of ether oxygens (including phenoxy) is 1. The molecule has 1 rings (SSSR count). The van der Waals surface area contributed by atoms with E-state index in [-0.39, 0.29) is 15.5 Å². The fourth-order valence-electron chi connectivity index (χ4n) is 1.13. The van der Waals surface area contributed by atoms with Gasteiger partial charge in [0, 0.05) is 18.4 Å². The van der Waals surface area contributed by atoms with Crippen molar-refractivity contribution in [3.63, 3.8) is 0 Å². The molecule has 1 aromatic heterocycles. The molecule has 1 aromatic rings. The van der Waals surface area contributed by atoms with Crippen molar-refractivity contribution in [1.29, 1.82) is 0 Å². The molecule has 2 nitrogen and oxygen atoms in total. The first-order valence-electron chi connectivity index (χ1n) is 5.52. The van der Waals surface area contributed by atoms with Gasteiger partial charge in [0.25, 0.3) is 0 Å². The molecule has 0 aliphatic carbocycles. The lowest BCUT2D eigenvalue weighted by atomic mass is 10.2. The minimum Gasteiger partial charge on any atom is -0.376 e. The fraction of sp³-hybridized carbons (Fsp3) is 0.583. The summed E-state index contributed by atoms with van der Waals surface area (Å²) in [5.74, 6) is -0.330. The molecule has 0 saturated carbocycles. The summed E-state index contributed by atoms with van der Waals surface area (Å²) < 4.78 is 19.5. The average molecular weight is 319 g/mol. The molecule has 0 atom stereocenters.